The van der Waals surface area contributed by atoms with Gasteiger partial charge in [-0.25, -0.2) is 0 Å². The largest absolute Gasteiger partial charge is 0.322 e. The number of hydrogen-bond donors (Lipinski definition) is 2. The van der Waals surface area contributed by atoms with Crippen molar-refractivity contribution >= 4 is 11.3 Å². The monoisotopic (exact) mass is 268 g/mol. The molecule has 0 saturated heterocycles. The van der Waals surface area contributed by atoms with Crippen LogP contribution in [0.2, 0.25) is 0 Å². The van der Waals surface area contributed by atoms with Gasteiger partial charge < -0.3 is 11.1 Å². The summed E-state index contributed by atoms with van der Waals surface area (Å²) in [7, 11) is 0. The average molecular weight is 268 g/mol. The van der Waals surface area contributed by atoms with Crippen molar-refractivity contribution in [3.63, 3.8) is 0 Å². The van der Waals surface area contributed by atoms with Gasteiger partial charge in [-0.1, -0.05) is 45.6 Å². The van der Waals surface area contributed by atoms with E-state index in [9.17, 15) is 0 Å². The summed E-state index contributed by atoms with van der Waals surface area (Å²) in [5.74, 6) is 0.854. The van der Waals surface area contributed by atoms with Crippen LogP contribution in [0.3, 0.4) is 0 Å². The Balaban J connectivity index is 1.90. The van der Waals surface area contributed by atoms with Gasteiger partial charge in [0.15, 0.2) is 0 Å². The fourth-order valence-corrected chi connectivity index (χ4v) is 2.75. The molecule has 3 N–H and O–H groups in total. The first-order valence-electron chi connectivity index (χ1n) is 7.20. The lowest BCUT2D eigenvalue weighted by Gasteiger charge is -2.11. The molecule has 18 heavy (non-hydrogen) atoms. The molecule has 1 rings (SSSR count). The Kier molecular flexibility index (Phi) is 8.31. The SMILES string of the molecule is CC(C)CCCCCCNCC(N)c1cccs1. The standard InChI is InChI=1S/C15H28N2S/c1-13(2)8-5-3-4-6-10-17-12-14(16)15-9-7-11-18-15/h7,9,11,13-14,17H,3-6,8,10,12,16H2,1-2H3. The Labute approximate surface area is 116 Å². The summed E-state index contributed by atoms with van der Waals surface area (Å²) in [6, 6.07) is 4.34. The van der Waals surface area contributed by atoms with Crippen molar-refractivity contribution < 1.29 is 0 Å². The van der Waals surface area contributed by atoms with Crippen molar-refractivity contribution in [3.8, 4) is 0 Å². The van der Waals surface area contributed by atoms with Crippen molar-refractivity contribution in [2.45, 2.75) is 52.0 Å². The van der Waals surface area contributed by atoms with Crippen molar-refractivity contribution in [3.05, 3.63) is 22.4 Å². The lowest BCUT2D eigenvalue weighted by molar-refractivity contribution is 0.507. The quantitative estimate of drug-likeness (QED) is 0.631. The van der Waals surface area contributed by atoms with Crippen LogP contribution in [-0.2, 0) is 0 Å². The first kappa shape index (κ1) is 15.7. The predicted octanol–water partition coefficient (Wildman–Crippen LogP) is 3.94. The Morgan fingerprint density at radius 1 is 1.22 bits per heavy atom. The van der Waals surface area contributed by atoms with Crippen molar-refractivity contribution in [2.75, 3.05) is 13.1 Å². The highest BCUT2D eigenvalue weighted by atomic mass is 32.1. The molecule has 2 nitrogen and oxygen atoms in total. The predicted molar refractivity (Wildman–Crippen MR) is 82.0 cm³/mol. The third-order valence-corrected chi connectivity index (χ3v) is 4.16. The first-order chi connectivity index (χ1) is 8.70. The molecule has 0 spiro atoms. The van der Waals surface area contributed by atoms with Gasteiger partial charge in [-0.3, -0.25) is 0 Å². The summed E-state index contributed by atoms with van der Waals surface area (Å²) in [5, 5.41) is 5.54. The minimum atomic E-state index is 0.158. The van der Waals surface area contributed by atoms with E-state index in [4.69, 9.17) is 5.73 Å². The second-order valence-electron chi connectivity index (χ2n) is 5.42. The van der Waals surface area contributed by atoms with Gasteiger partial charge in [-0.15, -0.1) is 11.3 Å². The van der Waals surface area contributed by atoms with Crippen molar-refractivity contribution in [1.82, 2.24) is 5.32 Å². The highest BCUT2D eigenvalue weighted by molar-refractivity contribution is 7.10. The molecular weight excluding hydrogens is 240 g/mol. The van der Waals surface area contributed by atoms with E-state index in [2.05, 4.69) is 36.7 Å². The molecule has 3 heteroatoms. The number of thiophene rings is 1. The highest BCUT2D eigenvalue weighted by Gasteiger charge is 2.05. The van der Waals surface area contributed by atoms with Crippen LogP contribution in [0.15, 0.2) is 17.5 Å². The number of nitrogens with two attached hydrogens (primary N) is 1. The zero-order valence-corrected chi connectivity index (χ0v) is 12.6. The van der Waals surface area contributed by atoms with Gasteiger partial charge in [0.05, 0.1) is 6.04 Å². The Morgan fingerprint density at radius 3 is 2.67 bits per heavy atom. The Morgan fingerprint density at radius 2 is 2.00 bits per heavy atom. The molecule has 1 aromatic heterocycles. The molecular formula is C15H28N2S. The number of unbranched alkanes of at least 4 members (excludes halogenated alkanes) is 3. The number of rotatable bonds is 10. The van der Waals surface area contributed by atoms with Crippen molar-refractivity contribution in [1.29, 1.82) is 0 Å². The molecule has 0 aliphatic heterocycles. The minimum absolute atomic E-state index is 0.158. The third kappa shape index (κ3) is 7.14. The van der Waals surface area contributed by atoms with E-state index in [-0.39, 0.29) is 6.04 Å². The maximum Gasteiger partial charge on any atom is 0.0516 e. The molecule has 1 heterocycles. The summed E-state index contributed by atoms with van der Waals surface area (Å²) in [6.07, 6.45) is 6.74. The smallest absolute Gasteiger partial charge is 0.0516 e. The maximum atomic E-state index is 6.08. The van der Waals surface area contributed by atoms with Crippen LogP contribution >= 0.6 is 11.3 Å². The topological polar surface area (TPSA) is 38.0 Å². The average Bonchev–Trinajstić information content (AvgIpc) is 2.85. The van der Waals surface area contributed by atoms with Gasteiger partial charge in [0.1, 0.15) is 0 Å². The van der Waals surface area contributed by atoms with Gasteiger partial charge in [0, 0.05) is 11.4 Å². The zero-order valence-electron chi connectivity index (χ0n) is 11.8. The molecule has 104 valence electrons. The molecule has 0 aliphatic rings. The molecule has 0 radical (unpaired) electrons. The van der Waals surface area contributed by atoms with Crippen LogP contribution < -0.4 is 11.1 Å². The first-order valence-corrected chi connectivity index (χ1v) is 8.08. The summed E-state index contributed by atoms with van der Waals surface area (Å²) in [4.78, 5) is 1.28. The molecule has 0 aromatic carbocycles. The Bertz CT molecular complexity index is 283. The van der Waals surface area contributed by atoms with E-state index >= 15 is 0 Å². The van der Waals surface area contributed by atoms with E-state index < -0.39 is 0 Å². The van der Waals surface area contributed by atoms with Gasteiger partial charge in [0.2, 0.25) is 0 Å². The Hall–Kier alpha value is -0.380. The van der Waals surface area contributed by atoms with Crippen LogP contribution in [0.5, 0.6) is 0 Å². The highest BCUT2D eigenvalue weighted by Crippen LogP contribution is 2.15. The minimum Gasteiger partial charge on any atom is -0.322 e. The second kappa shape index (κ2) is 9.54. The second-order valence-corrected chi connectivity index (χ2v) is 6.40. The van der Waals surface area contributed by atoms with Crippen molar-refractivity contribution in [2.24, 2.45) is 11.7 Å². The fourth-order valence-electron chi connectivity index (χ4n) is 2.02. The zero-order chi connectivity index (χ0) is 13.2. The van der Waals surface area contributed by atoms with E-state index in [1.54, 1.807) is 11.3 Å². The van der Waals surface area contributed by atoms with Crippen LogP contribution in [0, 0.1) is 5.92 Å². The maximum absolute atomic E-state index is 6.08. The van der Waals surface area contributed by atoms with Gasteiger partial charge >= 0.3 is 0 Å². The molecule has 1 atom stereocenters. The molecule has 0 amide bonds. The third-order valence-electron chi connectivity index (χ3n) is 3.16. The molecule has 1 unspecified atom stereocenters. The molecule has 0 bridgehead atoms. The molecule has 0 fully saturated rings. The van der Waals surface area contributed by atoms with Gasteiger partial charge in [-0.2, -0.15) is 0 Å². The normalized spacial score (nSPS) is 13.1. The van der Waals surface area contributed by atoms with Crippen LogP contribution in [0.25, 0.3) is 0 Å². The molecule has 0 aliphatic carbocycles. The summed E-state index contributed by atoms with van der Waals surface area (Å²) >= 11 is 1.74. The van der Waals surface area contributed by atoms with Gasteiger partial charge in [-0.05, 0) is 30.3 Å². The fraction of sp³-hybridized carbons (Fsp3) is 0.733. The summed E-state index contributed by atoms with van der Waals surface area (Å²) in [6.45, 7) is 6.59. The van der Waals surface area contributed by atoms with Crippen LogP contribution in [0.1, 0.15) is 56.9 Å². The number of nitrogens with one attached hydrogen (secondary N) is 1. The molecule has 1 aromatic rings. The van der Waals surface area contributed by atoms with E-state index in [0.29, 0.717) is 0 Å². The summed E-state index contributed by atoms with van der Waals surface area (Å²) in [5.41, 5.74) is 6.08. The van der Waals surface area contributed by atoms with E-state index in [0.717, 1.165) is 19.0 Å². The molecule has 0 saturated carbocycles. The lowest BCUT2D eigenvalue weighted by Crippen LogP contribution is -2.27. The summed E-state index contributed by atoms with van der Waals surface area (Å²) < 4.78 is 0. The van der Waals surface area contributed by atoms with Crippen LogP contribution in [-0.4, -0.2) is 13.1 Å². The van der Waals surface area contributed by atoms with Crippen LogP contribution in [0.4, 0.5) is 0 Å². The lowest BCUT2D eigenvalue weighted by atomic mass is 10.0. The van der Waals surface area contributed by atoms with E-state index in [1.807, 2.05) is 0 Å². The van der Waals surface area contributed by atoms with E-state index in [1.165, 1.54) is 37.0 Å². The van der Waals surface area contributed by atoms with Gasteiger partial charge in [0.25, 0.3) is 0 Å². The number of hydrogen-bond acceptors (Lipinski definition) is 3.